The monoisotopic (exact) mass is 270 g/mol. The third-order valence-electron chi connectivity index (χ3n) is 3.54. The van der Waals surface area contributed by atoms with Gasteiger partial charge in [-0.1, -0.05) is 50.2 Å². The van der Waals surface area contributed by atoms with Crippen molar-refractivity contribution in [3.63, 3.8) is 0 Å². The average molecular weight is 270 g/mol. The van der Waals surface area contributed by atoms with Crippen LogP contribution in [-0.2, 0) is 11.2 Å². The van der Waals surface area contributed by atoms with Crippen LogP contribution in [0.4, 0.5) is 4.39 Å². The Labute approximate surface area is 119 Å². The second-order valence-corrected chi connectivity index (χ2v) is 5.40. The summed E-state index contributed by atoms with van der Waals surface area (Å²) in [6.45, 7) is 4.30. The number of hydrogen-bond donors (Lipinski definition) is 0. The van der Waals surface area contributed by atoms with Crippen LogP contribution >= 0.6 is 0 Å². The van der Waals surface area contributed by atoms with Crippen LogP contribution in [0.2, 0.25) is 0 Å². The highest BCUT2D eigenvalue weighted by Gasteiger charge is 2.12. The largest absolute Gasteiger partial charge is 0.303 e. The molecule has 0 bridgehead atoms. The molecule has 0 aliphatic carbocycles. The Hall–Kier alpha value is -1.96. The summed E-state index contributed by atoms with van der Waals surface area (Å²) in [4.78, 5) is 11.3. The maximum atomic E-state index is 13.2. The Kier molecular flexibility index (Phi) is 4.67. The van der Waals surface area contributed by atoms with E-state index < -0.39 is 0 Å². The summed E-state index contributed by atoms with van der Waals surface area (Å²) in [5.41, 5.74) is 3.10. The van der Waals surface area contributed by atoms with Gasteiger partial charge in [0.25, 0.3) is 0 Å². The predicted molar refractivity (Wildman–Crippen MR) is 79.4 cm³/mol. The van der Waals surface area contributed by atoms with E-state index in [1.807, 2.05) is 12.1 Å². The Morgan fingerprint density at radius 3 is 2.30 bits per heavy atom. The van der Waals surface area contributed by atoms with E-state index in [1.54, 1.807) is 12.1 Å². The van der Waals surface area contributed by atoms with E-state index in [2.05, 4.69) is 26.0 Å². The van der Waals surface area contributed by atoms with Gasteiger partial charge >= 0.3 is 0 Å². The molecule has 1 atom stereocenters. The molecule has 0 aliphatic rings. The number of benzene rings is 2. The van der Waals surface area contributed by atoms with Gasteiger partial charge in [0, 0.05) is 5.92 Å². The Balaban J connectivity index is 2.16. The second-order valence-electron chi connectivity index (χ2n) is 5.40. The highest BCUT2D eigenvalue weighted by molar-refractivity contribution is 5.62. The van der Waals surface area contributed by atoms with E-state index in [0.717, 1.165) is 17.4 Å². The summed E-state index contributed by atoms with van der Waals surface area (Å²) in [5.74, 6) is -0.103. The molecule has 2 aromatic carbocycles. The van der Waals surface area contributed by atoms with Gasteiger partial charge in [-0.3, -0.25) is 0 Å². The number of carbonyl (C=O) groups excluding carboxylic acids is 1. The summed E-state index contributed by atoms with van der Waals surface area (Å²) < 4.78 is 13.2. The molecule has 0 radical (unpaired) electrons. The normalized spacial score (nSPS) is 12.4. The van der Waals surface area contributed by atoms with Crippen LogP contribution in [0.1, 0.15) is 42.4 Å². The zero-order chi connectivity index (χ0) is 14.5. The molecule has 1 nitrogen and oxygen atoms in total. The van der Waals surface area contributed by atoms with Crippen LogP contribution in [0, 0.1) is 5.82 Å². The molecule has 0 heterocycles. The molecule has 2 rings (SSSR count). The van der Waals surface area contributed by atoms with Gasteiger partial charge in [-0.25, -0.2) is 4.39 Å². The minimum atomic E-state index is -0.301. The van der Waals surface area contributed by atoms with Crippen LogP contribution in [0.3, 0.4) is 0 Å². The van der Waals surface area contributed by atoms with Gasteiger partial charge in [0.15, 0.2) is 0 Å². The van der Waals surface area contributed by atoms with E-state index >= 15 is 0 Å². The molecule has 0 aliphatic heterocycles. The number of aldehydes is 1. The Bertz CT molecular complexity index is 572. The summed E-state index contributed by atoms with van der Waals surface area (Å²) in [6.07, 6.45) is 1.50. The molecular weight excluding hydrogens is 251 g/mol. The molecule has 0 saturated heterocycles. The van der Waals surface area contributed by atoms with Crippen LogP contribution in [-0.4, -0.2) is 6.29 Å². The van der Waals surface area contributed by atoms with Gasteiger partial charge in [-0.05, 0) is 41.2 Å². The molecule has 20 heavy (non-hydrogen) atoms. The lowest BCUT2D eigenvalue weighted by Crippen LogP contribution is -2.05. The minimum absolute atomic E-state index is 0.296. The van der Waals surface area contributed by atoms with Gasteiger partial charge in [-0.2, -0.15) is 0 Å². The highest BCUT2D eigenvalue weighted by Crippen LogP contribution is 2.21. The molecular formula is C18H19FO. The van der Waals surface area contributed by atoms with E-state index in [-0.39, 0.29) is 11.7 Å². The van der Waals surface area contributed by atoms with Crippen molar-refractivity contribution >= 4 is 6.29 Å². The Morgan fingerprint density at radius 1 is 1.05 bits per heavy atom. The van der Waals surface area contributed by atoms with Crippen molar-refractivity contribution in [3.05, 3.63) is 71.0 Å². The van der Waals surface area contributed by atoms with Crippen molar-refractivity contribution in [3.8, 4) is 0 Å². The first kappa shape index (κ1) is 14.4. The smallest absolute Gasteiger partial charge is 0.127 e. The predicted octanol–water partition coefficient (Wildman–Crippen LogP) is 4.47. The van der Waals surface area contributed by atoms with Gasteiger partial charge in [-0.15, -0.1) is 0 Å². The van der Waals surface area contributed by atoms with Crippen molar-refractivity contribution in [1.82, 2.24) is 0 Å². The molecule has 2 heteroatoms. The lowest BCUT2D eigenvalue weighted by molar-refractivity contribution is -0.109. The molecule has 0 amide bonds. The van der Waals surface area contributed by atoms with Crippen molar-refractivity contribution in [1.29, 1.82) is 0 Å². The van der Waals surface area contributed by atoms with E-state index in [1.165, 1.54) is 17.7 Å². The van der Waals surface area contributed by atoms with E-state index in [0.29, 0.717) is 12.3 Å². The number of rotatable bonds is 5. The van der Waals surface area contributed by atoms with Crippen molar-refractivity contribution in [2.24, 2.45) is 0 Å². The fourth-order valence-electron chi connectivity index (χ4n) is 2.27. The van der Waals surface area contributed by atoms with Crippen molar-refractivity contribution in [2.45, 2.75) is 32.1 Å². The standard InChI is InChI=1S/C18H19FO/c1-13(2)15-8-6-14(7-9-15)10-17(12-20)16-4-3-5-18(19)11-16/h3-9,11-13,17H,10H2,1-2H3. The molecule has 0 saturated carbocycles. The SMILES string of the molecule is CC(C)c1ccc(CC(C=O)c2cccc(F)c2)cc1. The van der Waals surface area contributed by atoms with Crippen LogP contribution in [0.25, 0.3) is 0 Å². The third kappa shape index (κ3) is 3.53. The zero-order valence-corrected chi connectivity index (χ0v) is 11.8. The molecule has 0 fully saturated rings. The first-order chi connectivity index (χ1) is 9.60. The van der Waals surface area contributed by atoms with Gasteiger partial charge < -0.3 is 4.79 Å². The van der Waals surface area contributed by atoms with E-state index in [4.69, 9.17) is 0 Å². The lowest BCUT2D eigenvalue weighted by atomic mass is 9.92. The second kappa shape index (κ2) is 6.47. The number of halogens is 1. The van der Waals surface area contributed by atoms with Crippen LogP contribution in [0.15, 0.2) is 48.5 Å². The van der Waals surface area contributed by atoms with Crippen LogP contribution < -0.4 is 0 Å². The fourth-order valence-corrected chi connectivity index (χ4v) is 2.27. The van der Waals surface area contributed by atoms with Gasteiger partial charge in [0.05, 0.1) is 0 Å². The topological polar surface area (TPSA) is 17.1 Å². The molecule has 2 aromatic rings. The highest BCUT2D eigenvalue weighted by atomic mass is 19.1. The maximum absolute atomic E-state index is 13.2. The molecule has 0 spiro atoms. The minimum Gasteiger partial charge on any atom is -0.303 e. The third-order valence-corrected chi connectivity index (χ3v) is 3.54. The maximum Gasteiger partial charge on any atom is 0.127 e. The molecule has 1 unspecified atom stereocenters. The number of carbonyl (C=O) groups is 1. The Morgan fingerprint density at radius 2 is 1.75 bits per heavy atom. The van der Waals surface area contributed by atoms with Crippen molar-refractivity contribution in [2.75, 3.05) is 0 Å². The number of hydrogen-bond acceptors (Lipinski definition) is 1. The van der Waals surface area contributed by atoms with Gasteiger partial charge in [0.2, 0.25) is 0 Å². The average Bonchev–Trinajstić information content (AvgIpc) is 2.45. The summed E-state index contributed by atoms with van der Waals surface area (Å²) in [6, 6.07) is 14.5. The summed E-state index contributed by atoms with van der Waals surface area (Å²) >= 11 is 0. The van der Waals surface area contributed by atoms with Crippen LogP contribution in [0.5, 0.6) is 0 Å². The zero-order valence-electron chi connectivity index (χ0n) is 11.8. The molecule has 0 N–H and O–H groups in total. The summed E-state index contributed by atoms with van der Waals surface area (Å²) in [5, 5.41) is 0. The van der Waals surface area contributed by atoms with E-state index in [9.17, 15) is 9.18 Å². The molecule has 0 aromatic heterocycles. The fraction of sp³-hybridized carbons (Fsp3) is 0.278. The lowest BCUT2D eigenvalue weighted by Gasteiger charge is -2.12. The first-order valence-electron chi connectivity index (χ1n) is 6.89. The van der Waals surface area contributed by atoms with Crippen molar-refractivity contribution < 1.29 is 9.18 Å². The van der Waals surface area contributed by atoms with Gasteiger partial charge in [0.1, 0.15) is 12.1 Å². The first-order valence-corrected chi connectivity index (χ1v) is 6.89. The summed E-state index contributed by atoms with van der Waals surface area (Å²) in [7, 11) is 0. The quantitative estimate of drug-likeness (QED) is 0.732. The molecule has 104 valence electrons.